The highest BCUT2D eigenvalue weighted by Gasteiger charge is 2.05. The Kier molecular flexibility index (Phi) is 5.81. The molecule has 3 nitrogen and oxygen atoms in total. The van der Waals surface area contributed by atoms with Crippen LogP contribution in [0, 0.1) is 0 Å². The minimum absolute atomic E-state index is 0.255. The average Bonchev–Trinajstić information content (AvgIpc) is 2.53. The second kappa shape index (κ2) is 8.05. The molecule has 2 aromatic carbocycles. The first-order valence-electron chi connectivity index (χ1n) is 6.77. The first-order valence-corrected chi connectivity index (χ1v) is 7.15. The molecule has 0 radical (unpaired) electrons. The van der Waals surface area contributed by atoms with Crippen molar-refractivity contribution in [2.45, 2.75) is 0 Å². The number of hydrogen-bond acceptors (Lipinski definition) is 2. The maximum Gasteiger partial charge on any atom is 0.248 e. The highest BCUT2D eigenvalue weighted by atomic mass is 35.5. The molecule has 0 bridgehead atoms. The zero-order valence-corrected chi connectivity index (χ0v) is 12.7. The molecule has 0 aliphatic heterocycles. The summed E-state index contributed by atoms with van der Waals surface area (Å²) in [5, 5.41) is 3.38. The van der Waals surface area contributed by atoms with E-state index in [1.807, 2.05) is 30.3 Å². The summed E-state index contributed by atoms with van der Waals surface area (Å²) < 4.78 is 5.49. The summed E-state index contributed by atoms with van der Waals surface area (Å²) in [7, 11) is 0. The summed E-state index contributed by atoms with van der Waals surface area (Å²) in [5.74, 6) is 0.344. The Hall–Kier alpha value is -2.52. The van der Waals surface area contributed by atoms with Crippen LogP contribution in [0.1, 0.15) is 5.56 Å². The number of hydrogen-bond donors (Lipinski definition) is 1. The van der Waals surface area contributed by atoms with E-state index in [4.69, 9.17) is 16.3 Å². The van der Waals surface area contributed by atoms with Crippen molar-refractivity contribution in [2.24, 2.45) is 0 Å². The summed E-state index contributed by atoms with van der Waals surface area (Å²) >= 11 is 6.04. The lowest BCUT2D eigenvalue weighted by Gasteiger charge is -2.10. The van der Waals surface area contributed by atoms with E-state index >= 15 is 0 Å². The monoisotopic (exact) mass is 313 g/mol. The lowest BCUT2D eigenvalue weighted by Crippen LogP contribution is -2.09. The second-order valence-electron chi connectivity index (χ2n) is 4.44. The smallest absolute Gasteiger partial charge is 0.248 e. The minimum Gasteiger partial charge on any atom is -0.487 e. The number of carbonyl (C=O) groups is 1. The topological polar surface area (TPSA) is 38.3 Å². The van der Waals surface area contributed by atoms with E-state index in [1.165, 1.54) is 6.08 Å². The third kappa shape index (κ3) is 4.50. The van der Waals surface area contributed by atoms with Gasteiger partial charge in [0.1, 0.15) is 12.4 Å². The first kappa shape index (κ1) is 15.9. The van der Waals surface area contributed by atoms with Gasteiger partial charge in [-0.1, -0.05) is 54.6 Å². The highest BCUT2D eigenvalue weighted by molar-refractivity contribution is 6.32. The Balaban J connectivity index is 2.06. The molecular formula is C18H16ClNO2. The number of amides is 1. The molecule has 0 saturated carbocycles. The maximum atomic E-state index is 12.0. The van der Waals surface area contributed by atoms with Crippen LogP contribution in [0.25, 0.3) is 6.08 Å². The summed E-state index contributed by atoms with van der Waals surface area (Å²) in [6.07, 6.45) is 4.76. The Morgan fingerprint density at radius 2 is 1.91 bits per heavy atom. The predicted molar refractivity (Wildman–Crippen MR) is 91.2 cm³/mol. The Morgan fingerprint density at radius 3 is 2.68 bits per heavy atom. The normalized spacial score (nSPS) is 10.4. The van der Waals surface area contributed by atoms with Gasteiger partial charge >= 0.3 is 0 Å². The standard InChI is InChI=1S/C18H16ClNO2/c1-2-13-22-17-10-6-5-9-16(17)20-18(21)12-11-14-7-3-4-8-15(14)19/h2-12H,1,13H2,(H,20,21)/b12-11+. The number of carbonyl (C=O) groups excluding carboxylic acids is 1. The zero-order chi connectivity index (χ0) is 15.8. The molecule has 0 saturated heterocycles. The fourth-order valence-electron chi connectivity index (χ4n) is 1.79. The Morgan fingerprint density at radius 1 is 1.18 bits per heavy atom. The average molecular weight is 314 g/mol. The van der Waals surface area contributed by atoms with Gasteiger partial charge in [-0.25, -0.2) is 0 Å². The maximum absolute atomic E-state index is 12.0. The Bertz CT molecular complexity index is 695. The number of anilines is 1. The van der Waals surface area contributed by atoms with Gasteiger partial charge in [0.15, 0.2) is 0 Å². The number of rotatable bonds is 6. The molecule has 0 aliphatic carbocycles. The van der Waals surface area contributed by atoms with Crippen molar-refractivity contribution in [1.82, 2.24) is 0 Å². The summed E-state index contributed by atoms with van der Waals surface area (Å²) in [6.45, 7) is 3.98. The molecule has 0 spiro atoms. The lowest BCUT2D eigenvalue weighted by molar-refractivity contribution is -0.111. The molecule has 4 heteroatoms. The molecule has 0 aromatic heterocycles. The molecule has 0 fully saturated rings. The van der Waals surface area contributed by atoms with Crippen LogP contribution in [0.3, 0.4) is 0 Å². The van der Waals surface area contributed by atoms with Crippen LogP contribution in [0.2, 0.25) is 5.02 Å². The first-order chi connectivity index (χ1) is 10.7. The fourth-order valence-corrected chi connectivity index (χ4v) is 1.99. The molecule has 2 aromatic rings. The van der Waals surface area contributed by atoms with Crippen molar-refractivity contribution in [3.63, 3.8) is 0 Å². The number of nitrogens with one attached hydrogen (secondary N) is 1. The Labute approximate surface area is 134 Å². The zero-order valence-electron chi connectivity index (χ0n) is 12.0. The van der Waals surface area contributed by atoms with Gasteiger partial charge in [0, 0.05) is 11.1 Å². The molecule has 0 aliphatic rings. The van der Waals surface area contributed by atoms with Crippen molar-refractivity contribution in [2.75, 3.05) is 11.9 Å². The van der Waals surface area contributed by atoms with E-state index in [1.54, 1.807) is 30.4 Å². The van der Waals surface area contributed by atoms with Crippen LogP contribution < -0.4 is 10.1 Å². The molecule has 0 heterocycles. The molecule has 0 unspecified atom stereocenters. The van der Waals surface area contributed by atoms with Crippen LogP contribution in [-0.2, 0) is 4.79 Å². The van der Waals surface area contributed by atoms with Crippen LogP contribution >= 0.6 is 11.6 Å². The van der Waals surface area contributed by atoms with Crippen molar-refractivity contribution >= 4 is 29.3 Å². The van der Waals surface area contributed by atoms with Crippen LogP contribution in [-0.4, -0.2) is 12.5 Å². The quantitative estimate of drug-likeness (QED) is 0.627. The summed E-state index contributed by atoms with van der Waals surface area (Å²) in [4.78, 5) is 12.0. The van der Waals surface area contributed by atoms with Gasteiger partial charge in [-0.05, 0) is 29.8 Å². The third-order valence-electron chi connectivity index (χ3n) is 2.82. The van der Waals surface area contributed by atoms with Gasteiger partial charge < -0.3 is 10.1 Å². The SMILES string of the molecule is C=CCOc1ccccc1NC(=O)/C=C/c1ccccc1Cl. The molecule has 1 N–H and O–H groups in total. The van der Waals surface area contributed by atoms with Gasteiger partial charge in [0.2, 0.25) is 5.91 Å². The van der Waals surface area contributed by atoms with Crippen LogP contribution in [0.5, 0.6) is 5.75 Å². The number of benzene rings is 2. The second-order valence-corrected chi connectivity index (χ2v) is 4.85. The van der Waals surface area contributed by atoms with E-state index in [9.17, 15) is 4.79 Å². The molecular weight excluding hydrogens is 298 g/mol. The third-order valence-corrected chi connectivity index (χ3v) is 3.17. The fraction of sp³-hybridized carbons (Fsp3) is 0.0556. The van der Waals surface area contributed by atoms with E-state index in [0.717, 1.165) is 5.56 Å². The summed E-state index contributed by atoms with van der Waals surface area (Å²) in [6, 6.07) is 14.6. The van der Waals surface area contributed by atoms with Crippen LogP contribution in [0.15, 0.2) is 67.3 Å². The van der Waals surface area contributed by atoms with Gasteiger partial charge in [-0.3, -0.25) is 4.79 Å². The largest absolute Gasteiger partial charge is 0.487 e. The lowest BCUT2D eigenvalue weighted by atomic mass is 10.2. The van der Waals surface area contributed by atoms with Crippen molar-refractivity contribution in [1.29, 1.82) is 0 Å². The molecule has 2 rings (SSSR count). The molecule has 112 valence electrons. The van der Waals surface area contributed by atoms with Crippen molar-refractivity contribution < 1.29 is 9.53 Å². The summed E-state index contributed by atoms with van der Waals surface area (Å²) in [5.41, 5.74) is 1.40. The van der Waals surface area contributed by atoms with E-state index in [2.05, 4.69) is 11.9 Å². The molecule has 0 atom stereocenters. The van der Waals surface area contributed by atoms with Crippen molar-refractivity contribution in [3.8, 4) is 5.75 Å². The predicted octanol–water partition coefficient (Wildman–Crippen LogP) is 4.56. The van der Waals surface area contributed by atoms with Gasteiger partial charge in [0.25, 0.3) is 0 Å². The van der Waals surface area contributed by atoms with E-state index < -0.39 is 0 Å². The van der Waals surface area contributed by atoms with Gasteiger partial charge in [0.05, 0.1) is 5.69 Å². The number of para-hydroxylation sites is 2. The van der Waals surface area contributed by atoms with Gasteiger partial charge in [-0.2, -0.15) is 0 Å². The molecule has 1 amide bonds. The minimum atomic E-state index is -0.255. The van der Waals surface area contributed by atoms with E-state index in [0.29, 0.717) is 23.1 Å². The van der Waals surface area contributed by atoms with Gasteiger partial charge in [-0.15, -0.1) is 0 Å². The molecule has 22 heavy (non-hydrogen) atoms. The van der Waals surface area contributed by atoms with Crippen molar-refractivity contribution in [3.05, 3.63) is 77.8 Å². The van der Waals surface area contributed by atoms with Crippen LogP contribution in [0.4, 0.5) is 5.69 Å². The highest BCUT2D eigenvalue weighted by Crippen LogP contribution is 2.24. The van der Waals surface area contributed by atoms with E-state index in [-0.39, 0.29) is 5.91 Å². The number of ether oxygens (including phenoxy) is 1. The number of halogens is 1.